The number of carboxylic acids is 1. The summed E-state index contributed by atoms with van der Waals surface area (Å²) in [5.41, 5.74) is 1.10. The van der Waals surface area contributed by atoms with Crippen LogP contribution in [-0.2, 0) is 4.79 Å². The van der Waals surface area contributed by atoms with Crippen molar-refractivity contribution in [1.29, 1.82) is 0 Å². The fraction of sp³-hybridized carbons (Fsp3) is 0.176. The van der Waals surface area contributed by atoms with Crippen molar-refractivity contribution in [3.05, 3.63) is 57.5 Å². The summed E-state index contributed by atoms with van der Waals surface area (Å²) in [7, 11) is 0. The fourth-order valence-corrected chi connectivity index (χ4v) is 2.45. The minimum atomic E-state index is -1.22. The molecule has 134 valence electrons. The summed E-state index contributed by atoms with van der Waals surface area (Å²) in [5.74, 6) is -1.31. The second-order valence-corrected chi connectivity index (χ2v) is 5.64. The Bertz CT molecular complexity index is 1070. The number of hydrogen-bond acceptors (Lipinski definition) is 5. The Morgan fingerprint density at radius 1 is 1.35 bits per heavy atom. The molecule has 1 aromatic carbocycles. The van der Waals surface area contributed by atoms with Crippen molar-refractivity contribution in [2.45, 2.75) is 13.8 Å². The van der Waals surface area contributed by atoms with E-state index < -0.39 is 23.9 Å². The molecule has 3 aromatic rings. The van der Waals surface area contributed by atoms with Gasteiger partial charge in [-0.25, -0.2) is 9.50 Å². The van der Waals surface area contributed by atoms with Gasteiger partial charge >= 0.3 is 5.97 Å². The van der Waals surface area contributed by atoms with Crippen molar-refractivity contribution < 1.29 is 19.4 Å². The summed E-state index contributed by atoms with van der Waals surface area (Å²) in [5, 5.41) is 13.6. The first-order chi connectivity index (χ1) is 12.4. The van der Waals surface area contributed by atoms with Gasteiger partial charge in [-0.15, -0.1) is 0 Å². The van der Waals surface area contributed by atoms with Gasteiger partial charge in [-0.2, -0.15) is 0 Å². The number of aromatic nitrogens is 3. The predicted molar refractivity (Wildman–Crippen MR) is 91.8 cm³/mol. The van der Waals surface area contributed by atoms with E-state index in [-0.39, 0.29) is 17.1 Å². The lowest BCUT2D eigenvalue weighted by atomic mass is 10.1. The highest BCUT2D eigenvalue weighted by molar-refractivity contribution is 6.00. The summed E-state index contributed by atoms with van der Waals surface area (Å²) in [6, 6.07) is 6.69. The molecule has 2 aromatic heterocycles. The van der Waals surface area contributed by atoms with E-state index in [2.05, 4.69) is 15.4 Å². The van der Waals surface area contributed by atoms with Crippen LogP contribution >= 0.6 is 0 Å². The van der Waals surface area contributed by atoms with Gasteiger partial charge in [-0.05, 0) is 31.0 Å². The Labute approximate surface area is 147 Å². The highest BCUT2D eigenvalue weighted by atomic mass is 16.5. The van der Waals surface area contributed by atoms with Gasteiger partial charge in [-0.1, -0.05) is 12.1 Å². The number of aromatic amines is 1. The van der Waals surface area contributed by atoms with Crippen LogP contribution in [0.1, 0.15) is 21.5 Å². The number of carbonyl (C=O) groups is 2. The van der Waals surface area contributed by atoms with E-state index in [0.29, 0.717) is 5.75 Å². The molecule has 0 saturated carbocycles. The average Bonchev–Trinajstić information content (AvgIpc) is 3.06. The van der Waals surface area contributed by atoms with Crippen LogP contribution in [-0.4, -0.2) is 38.1 Å². The summed E-state index contributed by atoms with van der Waals surface area (Å²) in [6.07, 6.45) is 1.30. The maximum Gasteiger partial charge on any atom is 0.322 e. The number of pyridine rings is 1. The standard InChI is InChI=1S/C17H16N4O5/c1-9-4-3-5-12(10(9)2)26-13-6-11(22)15(16-19-8-20-21(13)16)17(25)18-7-14(23)24/h3-6,8H,7H2,1-2H3,(H,18,25)(H,19,20)(H,23,24). The first kappa shape index (κ1) is 17.2. The average molecular weight is 356 g/mol. The van der Waals surface area contributed by atoms with Crippen LogP contribution in [0.2, 0.25) is 0 Å². The Balaban J connectivity index is 2.05. The lowest BCUT2D eigenvalue weighted by Crippen LogP contribution is -2.33. The Morgan fingerprint density at radius 2 is 2.12 bits per heavy atom. The van der Waals surface area contributed by atoms with Gasteiger partial charge in [0.1, 0.15) is 24.2 Å². The molecule has 0 atom stereocenters. The molecule has 9 heteroatoms. The van der Waals surface area contributed by atoms with Crippen molar-refractivity contribution >= 4 is 17.5 Å². The molecule has 0 aliphatic heterocycles. The predicted octanol–water partition coefficient (Wildman–Crippen LogP) is 1.25. The monoisotopic (exact) mass is 356 g/mol. The van der Waals surface area contributed by atoms with Crippen LogP contribution in [0.3, 0.4) is 0 Å². The number of carbonyl (C=O) groups excluding carboxylic acids is 1. The molecule has 9 nitrogen and oxygen atoms in total. The fourth-order valence-electron chi connectivity index (χ4n) is 2.45. The van der Waals surface area contributed by atoms with E-state index >= 15 is 0 Å². The first-order valence-corrected chi connectivity index (χ1v) is 7.71. The van der Waals surface area contributed by atoms with E-state index in [0.717, 1.165) is 17.2 Å². The number of aryl methyl sites for hydroxylation is 1. The molecule has 1 amide bonds. The van der Waals surface area contributed by atoms with Gasteiger partial charge < -0.3 is 15.2 Å². The van der Waals surface area contributed by atoms with E-state index in [1.807, 2.05) is 26.0 Å². The number of ether oxygens (including phenoxy) is 1. The zero-order valence-corrected chi connectivity index (χ0v) is 14.1. The quantitative estimate of drug-likeness (QED) is 0.631. The number of nitrogens with one attached hydrogen (secondary N) is 2. The van der Waals surface area contributed by atoms with Gasteiger partial charge in [0.05, 0.1) is 0 Å². The van der Waals surface area contributed by atoms with Crippen LogP contribution in [0.4, 0.5) is 0 Å². The second kappa shape index (κ2) is 6.71. The maximum absolute atomic E-state index is 12.4. The Kier molecular flexibility index (Phi) is 4.44. The zero-order valence-electron chi connectivity index (χ0n) is 14.1. The van der Waals surface area contributed by atoms with Gasteiger partial charge in [0.2, 0.25) is 11.3 Å². The molecule has 0 unspecified atom stereocenters. The molecule has 3 N–H and O–H groups in total. The van der Waals surface area contributed by atoms with Crippen molar-refractivity contribution in [2.75, 3.05) is 6.54 Å². The van der Waals surface area contributed by atoms with E-state index in [9.17, 15) is 14.4 Å². The molecular weight excluding hydrogens is 340 g/mol. The Hall–Kier alpha value is -3.62. The van der Waals surface area contributed by atoms with Crippen molar-refractivity contribution in [1.82, 2.24) is 19.9 Å². The highest BCUT2D eigenvalue weighted by Gasteiger charge is 2.20. The van der Waals surface area contributed by atoms with Gasteiger partial charge in [0.25, 0.3) is 5.91 Å². The largest absolute Gasteiger partial charge is 0.480 e. The van der Waals surface area contributed by atoms with Crippen molar-refractivity contribution in [3.63, 3.8) is 0 Å². The molecular formula is C17H16N4O5. The molecule has 26 heavy (non-hydrogen) atoms. The summed E-state index contributed by atoms with van der Waals surface area (Å²) in [6.45, 7) is 3.23. The number of rotatable bonds is 5. The third-order valence-electron chi connectivity index (χ3n) is 3.93. The maximum atomic E-state index is 12.4. The molecule has 0 aliphatic carbocycles. The van der Waals surface area contributed by atoms with Crippen molar-refractivity contribution in [2.24, 2.45) is 0 Å². The number of hydrogen-bond donors (Lipinski definition) is 3. The minimum absolute atomic E-state index is 0.0423. The third-order valence-corrected chi connectivity index (χ3v) is 3.93. The molecule has 0 aliphatic rings. The molecule has 0 saturated heterocycles. The number of aliphatic carboxylic acids is 1. The van der Waals surface area contributed by atoms with Crippen LogP contribution < -0.4 is 15.5 Å². The van der Waals surface area contributed by atoms with E-state index in [4.69, 9.17) is 9.84 Å². The molecule has 0 bridgehead atoms. The van der Waals surface area contributed by atoms with Gasteiger partial charge in [-0.3, -0.25) is 19.5 Å². The number of carboxylic acid groups (broad SMARTS) is 1. The lowest BCUT2D eigenvalue weighted by Gasteiger charge is -2.12. The number of fused-ring (bicyclic) bond motifs is 1. The molecule has 0 spiro atoms. The number of H-pyrrole nitrogens is 1. The highest BCUT2D eigenvalue weighted by Crippen LogP contribution is 2.26. The first-order valence-electron chi connectivity index (χ1n) is 7.71. The number of amides is 1. The minimum Gasteiger partial charge on any atom is -0.480 e. The molecule has 3 rings (SSSR count). The molecule has 2 heterocycles. The smallest absolute Gasteiger partial charge is 0.322 e. The summed E-state index contributed by atoms with van der Waals surface area (Å²) < 4.78 is 7.19. The van der Waals surface area contributed by atoms with Gasteiger partial charge in [0.15, 0.2) is 5.65 Å². The number of nitrogens with zero attached hydrogens (tertiary/aromatic N) is 2. The summed E-state index contributed by atoms with van der Waals surface area (Å²) >= 11 is 0. The summed E-state index contributed by atoms with van der Waals surface area (Å²) in [4.78, 5) is 39.2. The van der Waals surface area contributed by atoms with E-state index in [1.54, 1.807) is 6.07 Å². The Morgan fingerprint density at radius 3 is 2.85 bits per heavy atom. The van der Waals surface area contributed by atoms with Crippen LogP contribution in [0.5, 0.6) is 11.6 Å². The molecule has 0 radical (unpaired) electrons. The van der Waals surface area contributed by atoms with E-state index in [1.165, 1.54) is 10.8 Å². The third kappa shape index (κ3) is 3.14. The molecule has 0 fully saturated rings. The van der Waals surface area contributed by atoms with Crippen LogP contribution in [0.15, 0.2) is 35.4 Å². The van der Waals surface area contributed by atoms with Crippen LogP contribution in [0, 0.1) is 13.8 Å². The topological polar surface area (TPSA) is 126 Å². The zero-order chi connectivity index (χ0) is 18.8. The van der Waals surface area contributed by atoms with Crippen molar-refractivity contribution in [3.8, 4) is 11.6 Å². The van der Waals surface area contributed by atoms with Crippen LogP contribution in [0.25, 0.3) is 5.65 Å². The normalized spacial score (nSPS) is 10.7. The lowest BCUT2D eigenvalue weighted by molar-refractivity contribution is -0.135. The second-order valence-electron chi connectivity index (χ2n) is 5.64. The number of benzene rings is 1. The SMILES string of the molecule is Cc1cccc(Oc2cc(=O)c(C(=O)NCC(=O)O)c3nc[nH]n23)c1C. The van der Waals surface area contributed by atoms with Gasteiger partial charge in [0, 0.05) is 6.07 Å².